The van der Waals surface area contributed by atoms with Crippen molar-refractivity contribution in [3.63, 3.8) is 0 Å². The fraction of sp³-hybridized carbons (Fsp3) is 0.647. The van der Waals surface area contributed by atoms with Gasteiger partial charge < -0.3 is 15.2 Å². The Kier molecular flexibility index (Phi) is 4.71. The summed E-state index contributed by atoms with van der Waals surface area (Å²) in [4.78, 5) is 0. The summed E-state index contributed by atoms with van der Waals surface area (Å²) in [5, 5.41) is 14.0. The van der Waals surface area contributed by atoms with Crippen molar-refractivity contribution >= 4 is 0 Å². The molecule has 0 bridgehead atoms. The first kappa shape index (κ1) is 15.3. The summed E-state index contributed by atoms with van der Waals surface area (Å²) in [6.07, 6.45) is 1.71. The molecule has 2 rings (SSSR count). The number of piperidine rings is 1. The van der Waals surface area contributed by atoms with Gasteiger partial charge in [-0.3, -0.25) is 0 Å². The third-order valence-corrected chi connectivity index (χ3v) is 4.20. The zero-order valence-corrected chi connectivity index (χ0v) is 13.1. The van der Waals surface area contributed by atoms with E-state index in [0.29, 0.717) is 5.92 Å². The molecule has 1 atom stereocenters. The summed E-state index contributed by atoms with van der Waals surface area (Å²) >= 11 is 0. The van der Waals surface area contributed by atoms with Crippen LogP contribution >= 0.6 is 0 Å². The smallest absolute Gasteiger partial charge is 0.122 e. The second-order valence-corrected chi connectivity index (χ2v) is 6.74. The van der Waals surface area contributed by atoms with Gasteiger partial charge in [0.2, 0.25) is 0 Å². The summed E-state index contributed by atoms with van der Waals surface area (Å²) < 4.78 is 5.46. The molecule has 1 unspecified atom stereocenters. The minimum absolute atomic E-state index is 0.00912. The number of nitrogens with one attached hydrogen (secondary N) is 1. The van der Waals surface area contributed by atoms with Crippen LogP contribution in [0.5, 0.6) is 5.75 Å². The Hall–Kier alpha value is -1.06. The zero-order valence-electron chi connectivity index (χ0n) is 13.1. The lowest BCUT2D eigenvalue weighted by atomic mass is 9.82. The number of hydrogen-bond acceptors (Lipinski definition) is 3. The SMILES string of the molecule is COc1ccc(C(O)C2CCNCC2)cc1C(C)(C)C. The Morgan fingerprint density at radius 2 is 1.90 bits per heavy atom. The molecule has 0 aromatic heterocycles. The van der Waals surface area contributed by atoms with Gasteiger partial charge in [-0.1, -0.05) is 26.8 Å². The van der Waals surface area contributed by atoms with Crippen molar-refractivity contribution in [2.24, 2.45) is 5.92 Å². The molecule has 1 aromatic rings. The van der Waals surface area contributed by atoms with Gasteiger partial charge in [0.25, 0.3) is 0 Å². The van der Waals surface area contributed by atoms with Gasteiger partial charge >= 0.3 is 0 Å². The summed E-state index contributed by atoms with van der Waals surface area (Å²) in [7, 11) is 1.70. The van der Waals surface area contributed by atoms with Crippen LogP contribution in [0.3, 0.4) is 0 Å². The Labute approximate surface area is 122 Å². The Balaban J connectivity index is 2.28. The largest absolute Gasteiger partial charge is 0.496 e. The van der Waals surface area contributed by atoms with Crippen molar-refractivity contribution in [1.82, 2.24) is 5.32 Å². The first-order valence-corrected chi connectivity index (χ1v) is 7.50. The topological polar surface area (TPSA) is 41.5 Å². The highest BCUT2D eigenvalue weighted by molar-refractivity contribution is 5.42. The molecule has 1 heterocycles. The van der Waals surface area contributed by atoms with Gasteiger partial charge in [0.15, 0.2) is 0 Å². The summed E-state index contributed by atoms with van der Waals surface area (Å²) in [6.45, 7) is 8.52. The molecule has 1 aliphatic rings. The highest BCUT2D eigenvalue weighted by Gasteiger charge is 2.25. The minimum atomic E-state index is -0.371. The van der Waals surface area contributed by atoms with E-state index in [-0.39, 0.29) is 11.5 Å². The third kappa shape index (κ3) is 3.33. The van der Waals surface area contributed by atoms with Crippen molar-refractivity contribution in [3.05, 3.63) is 29.3 Å². The molecule has 1 saturated heterocycles. The number of methoxy groups -OCH3 is 1. The number of rotatable bonds is 3. The normalized spacial score (nSPS) is 18.9. The molecule has 0 spiro atoms. The summed E-state index contributed by atoms with van der Waals surface area (Å²) in [5.74, 6) is 1.26. The Morgan fingerprint density at radius 1 is 1.25 bits per heavy atom. The molecular formula is C17H27NO2. The lowest BCUT2D eigenvalue weighted by Gasteiger charge is -2.29. The molecule has 0 radical (unpaired) electrons. The van der Waals surface area contributed by atoms with E-state index in [1.807, 2.05) is 12.1 Å². The van der Waals surface area contributed by atoms with Crippen LogP contribution in [-0.4, -0.2) is 25.3 Å². The molecule has 3 heteroatoms. The van der Waals surface area contributed by atoms with E-state index >= 15 is 0 Å². The predicted octanol–water partition coefficient (Wildman–Crippen LogP) is 3.03. The molecule has 0 aliphatic carbocycles. The fourth-order valence-electron chi connectivity index (χ4n) is 2.93. The van der Waals surface area contributed by atoms with Gasteiger partial charge in [-0.25, -0.2) is 0 Å². The lowest BCUT2D eigenvalue weighted by molar-refractivity contribution is 0.0887. The number of benzene rings is 1. The van der Waals surface area contributed by atoms with Gasteiger partial charge in [0.1, 0.15) is 5.75 Å². The number of hydrogen-bond donors (Lipinski definition) is 2. The van der Waals surface area contributed by atoms with Crippen LogP contribution in [0.2, 0.25) is 0 Å². The lowest BCUT2D eigenvalue weighted by Crippen LogP contribution is -2.31. The monoisotopic (exact) mass is 277 g/mol. The Bertz CT molecular complexity index is 445. The average molecular weight is 277 g/mol. The minimum Gasteiger partial charge on any atom is -0.496 e. The standard InChI is InChI=1S/C17H27NO2/c1-17(2,3)14-11-13(5-6-15(14)20-4)16(19)12-7-9-18-10-8-12/h5-6,11-12,16,18-19H,7-10H2,1-4H3. The predicted molar refractivity (Wildman–Crippen MR) is 82.2 cm³/mol. The molecule has 1 aromatic carbocycles. The first-order valence-electron chi connectivity index (χ1n) is 7.50. The van der Waals surface area contributed by atoms with Crippen molar-refractivity contribution in [1.29, 1.82) is 0 Å². The zero-order chi connectivity index (χ0) is 14.8. The van der Waals surface area contributed by atoms with E-state index in [0.717, 1.165) is 42.8 Å². The van der Waals surface area contributed by atoms with E-state index < -0.39 is 0 Å². The van der Waals surface area contributed by atoms with E-state index in [1.165, 1.54) is 0 Å². The van der Waals surface area contributed by atoms with Gasteiger partial charge in [0.05, 0.1) is 13.2 Å². The van der Waals surface area contributed by atoms with E-state index in [4.69, 9.17) is 4.74 Å². The van der Waals surface area contributed by atoms with Crippen LogP contribution in [0.4, 0.5) is 0 Å². The average Bonchev–Trinajstić information content (AvgIpc) is 2.46. The van der Waals surface area contributed by atoms with Crippen molar-refractivity contribution in [2.75, 3.05) is 20.2 Å². The summed E-state index contributed by atoms with van der Waals surface area (Å²) in [5.41, 5.74) is 2.18. The highest BCUT2D eigenvalue weighted by Crippen LogP contribution is 2.36. The molecule has 0 amide bonds. The molecule has 3 nitrogen and oxygen atoms in total. The van der Waals surface area contributed by atoms with Gasteiger partial charge in [-0.05, 0) is 60.5 Å². The number of aliphatic hydroxyl groups is 1. The molecule has 1 fully saturated rings. The maximum atomic E-state index is 10.6. The van der Waals surface area contributed by atoms with Gasteiger partial charge in [0, 0.05) is 0 Å². The maximum absolute atomic E-state index is 10.6. The van der Waals surface area contributed by atoms with Crippen molar-refractivity contribution in [3.8, 4) is 5.75 Å². The number of aliphatic hydroxyl groups excluding tert-OH is 1. The molecule has 0 saturated carbocycles. The van der Waals surface area contributed by atoms with Crippen molar-refractivity contribution in [2.45, 2.75) is 45.1 Å². The van der Waals surface area contributed by atoms with Crippen LogP contribution in [0.1, 0.15) is 50.8 Å². The van der Waals surface area contributed by atoms with E-state index in [9.17, 15) is 5.11 Å². The van der Waals surface area contributed by atoms with Crippen LogP contribution in [0, 0.1) is 5.92 Å². The van der Waals surface area contributed by atoms with Crippen molar-refractivity contribution < 1.29 is 9.84 Å². The summed E-state index contributed by atoms with van der Waals surface area (Å²) in [6, 6.07) is 6.10. The highest BCUT2D eigenvalue weighted by atomic mass is 16.5. The van der Waals surface area contributed by atoms with E-state index in [1.54, 1.807) is 7.11 Å². The molecule has 20 heavy (non-hydrogen) atoms. The second-order valence-electron chi connectivity index (χ2n) is 6.74. The first-order chi connectivity index (χ1) is 9.43. The van der Waals surface area contributed by atoms with Gasteiger partial charge in [-0.15, -0.1) is 0 Å². The van der Waals surface area contributed by atoms with Gasteiger partial charge in [-0.2, -0.15) is 0 Å². The third-order valence-electron chi connectivity index (χ3n) is 4.20. The fourth-order valence-corrected chi connectivity index (χ4v) is 2.93. The van der Waals surface area contributed by atoms with Crippen LogP contribution in [0.25, 0.3) is 0 Å². The van der Waals surface area contributed by atoms with Crippen LogP contribution in [0.15, 0.2) is 18.2 Å². The van der Waals surface area contributed by atoms with Crippen LogP contribution < -0.4 is 10.1 Å². The Morgan fingerprint density at radius 3 is 2.45 bits per heavy atom. The number of ether oxygens (including phenoxy) is 1. The second kappa shape index (κ2) is 6.15. The quantitative estimate of drug-likeness (QED) is 0.892. The maximum Gasteiger partial charge on any atom is 0.122 e. The van der Waals surface area contributed by atoms with E-state index in [2.05, 4.69) is 32.2 Å². The molecular weight excluding hydrogens is 250 g/mol. The van der Waals surface area contributed by atoms with Crippen LogP contribution in [-0.2, 0) is 5.41 Å². The molecule has 112 valence electrons. The molecule has 2 N–H and O–H groups in total. The molecule has 1 aliphatic heterocycles.